The minimum absolute atomic E-state index is 0.271. The molecule has 1 aliphatic rings. The number of nitrogens with two attached hydrogens (primary N) is 1. The zero-order valence-electron chi connectivity index (χ0n) is 8.63. The van der Waals surface area contributed by atoms with Gasteiger partial charge in [-0.3, -0.25) is 0 Å². The van der Waals surface area contributed by atoms with Crippen LogP contribution >= 0.6 is 22.6 Å². The van der Waals surface area contributed by atoms with Gasteiger partial charge < -0.3 is 5.73 Å². The van der Waals surface area contributed by atoms with E-state index >= 15 is 0 Å². The molecule has 0 radical (unpaired) electrons. The largest absolute Gasteiger partial charge is 0.327 e. The van der Waals surface area contributed by atoms with Crippen LogP contribution in [-0.2, 0) is 0 Å². The first-order valence-electron chi connectivity index (χ1n) is 5.03. The first kappa shape index (κ1) is 10.4. The lowest BCUT2D eigenvalue weighted by atomic mass is 9.57. The van der Waals surface area contributed by atoms with E-state index in [9.17, 15) is 0 Å². The number of hydrogen-bond acceptors (Lipinski definition) is 1. The lowest BCUT2D eigenvalue weighted by Gasteiger charge is -2.50. The topological polar surface area (TPSA) is 26.0 Å². The summed E-state index contributed by atoms with van der Waals surface area (Å²) in [6, 6.07) is 9.19. The van der Waals surface area contributed by atoms with Gasteiger partial charge in [0.2, 0.25) is 0 Å². The Morgan fingerprint density at radius 3 is 2.29 bits per heavy atom. The summed E-state index contributed by atoms with van der Waals surface area (Å²) in [6.07, 6.45) is 1.13. The van der Waals surface area contributed by atoms with Gasteiger partial charge in [0.15, 0.2) is 0 Å². The van der Waals surface area contributed by atoms with Crippen LogP contribution in [0.2, 0.25) is 0 Å². The minimum Gasteiger partial charge on any atom is -0.327 e. The van der Waals surface area contributed by atoms with Gasteiger partial charge in [-0.2, -0.15) is 0 Å². The third-order valence-electron chi connectivity index (χ3n) is 3.62. The van der Waals surface area contributed by atoms with E-state index in [1.165, 1.54) is 9.13 Å². The third-order valence-corrected chi connectivity index (χ3v) is 4.33. The summed E-state index contributed by atoms with van der Waals surface area (Å²) in [5, 5.41) is 0. The fourth-order valence-corrected chi connectivity index (χ4v) is 2.58. The standard InChI is InChI=1S/C12H16IN/c1-12(2)10(7-11(12)14)8-3-5-9(13)6-4-8/h3-6,10-11H,7,14H2,1-2H3. The fourth-order valence-electron chi connectivity index (χ4n) is 2.22. The van der Waals surface area contributed by atoms with E-state index in [1.807, 2.05) is 0 Å². The maximum absolute atomic E-state index is 6.01. The summed E-state index contributed by atoms with van der Waals surface area (Å²) in [5.41, 5.74) is 7.72. The molecule has 1 fully saturated rings. The third kappa shape index (κ3) is 1.58. The summed E-state index contributed by atoms with van der Waals surface area (Å²) in [5.74, 6) is 0.648. The summed E-state index contributed by atoms with van der Waals surface area (Å²) < 4.78 is 1.30. The van der Waals surface area contributed by atoms with Crippen molar-refractivity contribution in [1.29, 1.82) is 0 Å². The molecule has 1 aromatic rings. The van der Waals surface area contributed by atoms with Crippen LogP contribution in [0, 0.1) is 8.99 Å². The van der Waals surface area contributed by atoms with Gasteiger partial charge in [0.1, 0.15) is 0 Å². The molecule has 2 N–H and O–H groups in total. The van der Waals surface area contributed by atoms with Crippen molar-refractivity contribution in [2.45, 2.75) is 32.2 Å². The van der Waals surface area contributed by atoms with Crippen molar-refractivity contribution in [2.75, 3.05) is 0 Å². The highest BCUT2D eigenvalue weighted by atomic mass is 127. The SMILES string of the molecule is CC1(C)C(N)CC1c1ccc(I)cc1. The molecule has 0 saturated heterocycles. The van der Waals surface area contributed by atoms with Crippen LogP contribution in [-0.4, -0.2) is 6.04 Å². The molecule has 0 aliphatic heterocycles. The van der Waals surface area contributed by atoms with Crippen molar-refractivity contribution in [3.63, 3.8) is 0 Å². The van der Waals surface area contributed by atoms with Crippen LogP contribution in [0.25, 0.3) is 0 Å². The van der Waals surface area contributed by atoms with Gasteiger partial charge in [0.05, 0.1) is 0 Å². The van der Waals surface area contributed by atoms with Gasteiger partial charge in [-0.15, -0.1) is 0 Å². The van der Waals surface area contributed by atoms with Gasteiger partial charge in [-0.1, -0.05) is 26.0 Å². The summed E-state index contributed by atoms with van der Waals surface area (Å²) in [6.45, 7) is 4.54. The van der Waals surface area contributed by atoms with Crippen LogP contribution < -0.4 is 5.73 Å². The smallest absolute Gasteiger partial charge is 0.0130 e. The van der Waals surface area contributed by atoms with Gasteiger partial charge in [-0.25, -0.2) is 0 Å². The molecular weight excluding hydrogens is 285 g/mol. The van der Waals surface area contributed by atoms with E-state index in [1.54, 1.807) is 0 Å². The Morgan fingerprint density at radius 2 is 1.86 bits per heavy atom. The molecule has 76 valence electrons. The normalized spacial score (nSPS) is 29.7. The Bertz CT molecular complexity index is 329. The molecular formula is C12H16IN. The van der Waals surface area contributed by atoms with Crippen molar-refractivity contribution in [2.24, 2.45) is 11.1 Å². The van der Waals surface area contributed by atoms with Crippen molar-refractivity contribution >= 4 is 22.6 Å². The fraction of sp³-hybridized carbons (Fsp3) is 0.500. The quantitative estimate of drug-likeness (QED) is 0.792. The molecule has 2 heteroatoms. The Morgan fingerprint density at radius 1 is 1.29 bits per heavy atom. The second kappa shape index (κ2) is 3.49. The highest BCUT2D eigenvalue weighted by Gasteiger charge is 2.46. The molecule has 0 bridgehead atoms. The number of hydrogen-bond donors (Lipinski definition) is 1. The predicted octanol–water partition coefficient (Wildman–Crippen LogP) is 3.13. The Hall–Kier alpha value is -0.0900. The Balaban J connectivity index is 2.22. The second-order valence-electron chi connectivity index (χ2n) is 4.77. The highest BCUT2D eigenvalue weighted by Crippen LogP contribution is 2.51. The van der Waals surface area contributed by atoms with Crippen molar-refractivity contribution in [3.8, 4) is 0 Å². The Kier molecular flexibility index (Phi) is 2.60. The number of rotatable bonds is 1. The van der Waals surface area contributed by atoms with E-state index in [0.29, 0.717) is 12.0 Å². The summed E-state index contributed by atoms with van der Waals surface area (Å²) >= 11 is 2.34. The molecule has 0 spiro atoms. The van der Waals surface area contributed by atoms with Gasteiger partial charge in [-0.05, 0) is 58.0 Å². The van der Waals surface area contributed by atoms with E-state index in [0.717, 1.165) is 6.42 Å². The van der Waals surface area contributed by atoms with Crippen LogP contribution in [0.3, 0.4) is 0 Å². The van der Waals surface area contributed by atoms with Crippen LogP contribution in [0.5, 0.6) is 0 Å². The first-order chi connectivity index (χ1) is 6.51. The second-order valence-corrected chi connectivity index (χ2v) is 6.01. The van der Waals surface area contributed by atoms with E-state index in [4.69, 9.17) is 5.73 Å². The van der Waals surface area contributed by atoms with Crippen LogP contribution in [0.1, 0.15) is 31.7 Å². The minimum atomic E-state index is 0.271. The van der Waals surface area contributed by atoms with Gasteiger partial charge >= 0.3 is 0 Å². The van der Waals surface area contributed by atoms with Gasteiger partial charge in [0, 0.05) is 9.61 Å². The zero-order chi connectivity index (χ0) is 10.3. The molecule has 1 saturated carbocycles. The van der Waals surface area contributed by atoms with Crippen molar-refractivity contribution in [1.82, 2.24) is 0 Å². The molecule has 1 nitrogen and oxygen atoms in total. The lowest BCUT2D eigenvalue weighted by molar-refractivity contribution is 0.0984. The molecule has 1 aromatic carbocycles. The van der Waals surface area contributed by atoms with Crippen LogP contribution in [0.4, 0.5) is 0 Å². The molecule has 2 atom stereocenters. The molecule has 0 heterocycles. The van der Waals surface area contributed by atoms with Crippen molar-refractivity contribution < 1.29 is 0 Å². The molecule has 2 unspecified atom stereocenters. The average molecular weight is 301 g/mol. The maximum atomic E-state index is 6.01. The molecule has 0 aromatic heterocycles. The Labute approximate surface area is 99.2 Å². The summed E-state index contributed by atoms with van der Waals surface area (Å²) in [7, 11) is 0. The number of halogens is 1. The zero-order valence-corrected chi connectivity index (χ0v) is 10.8. The van der Waals surface area contributed by atoms with E-state index < -0.39 is 0 Å². The average Bonchev–Trinajstić information content (AvgIpc) is 2.16. The summed E-state index contributed by atoms with van der Waals surface area (Å²) in [4.78, 5) is 0. The predicted molar refractivity (Wildman–Crippen MR) is 68.3 cm³/mol. The molecule has 0 amide bonds. The van der Waals surface area contributed by atoms with Crippen LogP contribution in [0.15, 0.2) is 24.3 Å². The van der Waals surface area contributed by atoms with Gasteiger partial charge in [0.25, 0.3) is 0 Å². The molecule has 14 heavy (non-hydrogen) atoms. The molecule has 1 aliphatic carbocycles. The van der Waals surface area contributed by atoms with Crippen molar-refractivity contribution in [3.05, 3.63) is 33.4 Å². The van der Waals surface area contributed by atoms with E-state index in [2.05, 4.69) is 60.7 Å². The monoisotopic (exact) mass is 301 g/mol. The van der Waals surface area contributed by atoms with E-state index in [-0.39, 0.29) is 5.41 Å². The lowest BCUT2D eigenvalue weighted by Crippen LogP contribution is -2.52. The highest BCUT2D eigenvalue weighted by molar-refractivity contribution is 14.1. The maximum Gasteiger partial charge on any atom is 0.0130 e. The first-order valence-corrected chi connectivity index (χ1v) is 6.10. The molecule has 2 rings (SSSR count). The number of benzene rings is 1.